The van der Waals surface area contributed by atoms with Crippen molar-refractivity contribution in [2.75, 3.05) is 14.2 Å². The Bertz CT molecular complexity index is 47.1. The van der Waals surface area contributed by atoms with Crippen molar-refractivity contribution in [2.24, 2.45) is 0 Å². The summed E-state index contributed by atoms with van der Waals surface area (Å²) in [5.74, 6) is 0. The molecule has 0 aliphatic carbocycles. The predicted molar refractivity (Wildman–Crippen MR) is 39.0 cm³/mol. The van der Waals surface area contributed by atoms with Crippen molar-refractivity contribution >= 4 is 37.0 Å². The number of hydrogen-bond donors (Lipinski definition) is 0. The fraction of sp³-hybridized carbons (Fsp3) is 1.00. The van der Waals surface area contributed by atoms with Crippen molar-refractivity contribution in [1.82, 2.24) is 0 Å². The molecule has 9 heavy (non-hydrogen) atoms. The van der Waals surface area contributed by atoms with E-state index in [1.165, 1.54) is 14.2 Å². The monoisotopic (exact) mass is 190 g/mol. The van der Waals surface area contributed by atoms with Gasteiger partial charge in [-0.1, -0.05) is 0 Å². The molecule has 0 aromatic heterocycles. The van der Waals surface area contributed by atoms with Crippen LogP contribution in [-0.2, 0) is 15.6 Å². The fourth-order valence-electron chi connectivity index (χ4n) is 0.0896. The Morgan fingerprint density at radius 3 is 1.56 bits per heavy atom. The molecule has 7 heteroatoms. The van der Waals surface area contributed by atoms with Gasteiger partial charge >= 0.3 is 0 Å². The minimum atomic E-state index is 0.778. The van der Waals surface area contributed by atoms with Crippen LogP contribution in [0.25, 0.3) is 0 Å². The molecule has 0 aliphatic heterocycles. The van der Waals surface area contributed by atoms with Gasteiger partial charge in [-0.15, -0.1) is 0 Å². The van der Waals surface area contributed by atoms with Gasteiger partial charge in [-0.05, 0) is 0 Å². The van der Waals surface area contributed by atoms with Crippen LogP contribution in [0.15, 0.2) is 0 Å². The van der Waals surface area contributed by atoms with E-state index in [0.717, 1.165) is 37.0 Å². The van der Waals surface area contributed by atoms with Gasteiger partial charge in [-0.25, -0.2) is 0 Å². The summed E-state index contributed by atoms with van der Waals surface area (Å²) in [5, 5.41) is 0. The molecule has 0 atom stereocenters. The van der Waals surface area contributed by atoms with Crippen molar-refractivity contribution in [3.05, 3.63) is 0 Å². The Morgan fingerprint density at radius 1 is 0.778 bits per heavy atom. The van der Waals surface area contributed by atoms with Gasteiger partial charge in [0.2, 0.25) is 0 Å². The SMILES string of the molecule is COSOSOSOC. The Balaban J connectivity index is 2.60. The Kier molecular flexibility index (Phi) is 9.77. The van der Waals surface area contributed by atoms with Crippen molar-refractivity contribution < 1.29 is 15.6 Å². The summed E-state index contributed by atoms with van der Waals surface area (Å²) in [6, 6.07) is 0. The molecule has 0 aromatic rings. The van der Waals surface area contributed by atoms with E-state index in [0.29, 0.717) is 0 Å². The van der Waals surface area contributed by atoms with Crippen LogP contribution in [-0.4, -0.2) is 14.2 Å². The van der Waals surface area contributed by atoms with E-state index in [1.807, 2.05) is 0 Å². The first-order valence-corrected chi connectivity index (χ1v) is 3.82. The molecule has 0 aromatic carbocycles. The first-order valence-electron chi connectivity index (χ1n) is 1.82. The van der Waals surface area contributed by atoms with Gasteiger partial charge in [-0.2, -0.15) is 7.26 Å². The molecule has 0 rings (SSSR count). The lowest BCUT2D eigenvalue weighted by molar-refractivity contribution is 0.432. The standard InChI is InChI=1S/C2H6O4S3/c1-3-7-5-9-6-8-4-2/h1-2H3. The Hall–Kier alpha value is 0.890. The molecule has 0 heterocycles. The zero-order valence-electron chi connectivity index (χ0n) is 4.86. The van der Waals surface area contributed by atoms with Gasteiger partial charge in [-0.3, -0.25) is 8.37 Å². The summed E-state index contributed by atoms with van der Waals surface area (Å²) >= 11 is 2.43. The van der Waals surface area contributed by atoms with Crippen LogP contribution in [0.2, 0.25) is 0 Å². The second kappa shape index (κ2) is 8.89. The third-order valence-electron chi connectivity index (χ3n) is 0.247. The van der Waals surface area contributed by atoms with Crippen LogP contribution in [0.1, 0.15) is 0 Å². The average Bonchev–Trinajstić information content (AvgIpc) is 1.89. The summed E-state index contributed by atoms with van der Waals surface area (Å²) in [7, 11) is 2.99. The molecular weight excluding hydrogens is 184 g/mol. The first kappa shape index (κ1) is 9.89. The topological polar surface area (TPSA) is 36.9 Å². The van der Waals surface area contributed by atoms with Gasteiger partial charge in [0.05, 0.1) is 14.2 Å². The normalized spacial score (nSPS) is 10.0. The van der Waals surface area contributed by atoms with Crippen molar-refractivity contribution in [3.8, 4) is 0 Å². The highest BCUT2D eigenvalue weighted by molar-refractivity contribution is 8.08. The zero-order valence-corrected chi connectivity index (χ0v) is 7.31. The summed E-state index contributed by atoms with van der Waals surface area (Å²) in [6.07, 6.45) is 0. The highest BCUT2D eigenvalue weighted by atomic mass is 32.3. The summed E-state index contributed by atoms with van der Waals surface area (Å²) in [6.45, 7) is 0. The Labute approximate surface area is 67.2 Å². The molecule has 0 saturated heterocycles. The molecule has 0 N–H and O–H groups in total. The largest absolute Gasteiger partial charge is 0.294 e. The Morgan fingerprint density at radius 2 is 1.22 bits per heavy atom. The smallest absolute Gasteiger partial charge is 0.188 e. The van der Waals surface area contributed by atoms with Crippen LogP contribution in [0.4, 0.5) is 0 Å². The van der Waals surface area contributed by atoms with E-state index in [4.69, 9.17) is 0 Å². The molecule has 0 amide bonds. The van der Waals surface area contributed by atoms with E-state index in [1.54, 1.807) is 0 Å². The molecule has 4 nitrogen and oxygen atoms in total. The zero-order chi connectivity index (χ0) is 6.95. The number of hydrogen-bond acceptors (Lipinski definition) is 7. The van der Waals surface area contributed by atoms with Crippen LogP contribution in [0.5, 0.6) is 0 Å². The van der Waals surface area contributed by atoms with Gasteiger partial charge in [0.25, 0.3) is 0 Å². The molecule has 0 unspecified atom stereocenters. The van der Waals surface area contributed by atoms with Gasteiger partial charge < -0.3 is 0 Å². The second-order valence-corrected chi connectivity index (χ2v) is 2.84. The molecule has 0 radical (unpaired) electrons. The maximum Gasteiger partial charge on any atom is 0.188 e. The van der Waals surface area contributed by atoms with Gasteiger partial charge in [0, 0.05) is 0 Å². The fourth-order valence-corrected chi connectivity index (χ4v) is 1.01. The highest BCUT2D eigenvalue weighted by Gasteiger charge is 1.89. The van der Waals surface area contributed by atoms with E-state index in [-0.39, 0.29) is 0 Å². The van der Waals surface area contributed by atoms with E-state index in [9.17, 15) is 0 Å². The highest BCUT2D eigenvalue weighted by Crippen LogP contribution is 2.21. The molecule has 0 fully saturated rings. The quantitative estimate of drug-likeness (QED) is 0.468. The molecular formula is C2H6O4S3. The maximum absolute atomic E-state index is 4.57. The minimum Gasteiger partial charge on any atom is -0.294 e. The van der Waals surface area contributed by atoms with Crippen molar-refractivity contribution in [3.63, 3.8) is 0 Å². The van der Waals surface area contributed by atoms with Crippen LogP contribution >= 0.6 is 37.0 Å². The third kappa shape index (κ3) is 8.89. The lowest BCUT2D eigenvalue weighted by Gasteiger charge is -1.94. The molecule has 0 bridgehead atoms. The minimum absolute atomic E-state index is 0.778. The first-order chi connectivity index (χ1) is 4.41. The van der Waals surface area contributed by atoms with Crippen LogP contribution in [0.3, 0.4) is 0 Å². The molecule has 0 aliphatic rings. The second-order valence-electron chi connectivity index (χ2n) is 0.674. The third-order valence-corrected chi connectivity index (χ3v) is 1.41. The van der Waals surface area contributed by atoms with Gasteiger partial charge in [0.15, 0.2) is 37.0 Å². The summed E-state index contributed by atoms with van der Waals surface area (Å²) in [5.41, 5.74) is 0. The predicted octanol–water partition coefficient (Wildman–Crippen LogP) is 2.00. The van der Waals surface area contributed by atoms with E-state index >= 15 is 0 Å². The average molecular weight is 190 g/mol. The van der Waals surface area contributed by atoms with Crippen molar-refractivity contribution in [2.45, 2.75) is 0 Å². The lowest BCUT2D eigenvalue weighted by Crippen LogP contribution is -1.69. The molecule has 56 valence electrons. The summed E-state index contributed by atoms with van der Waals surface area (Å²) in [4.78, 5) is 0. The van der Waals surface area contributed by atoms with E-state index in [2.05, 4.69) is 15.6 Å². The molecule has 0 spiro atoms. The van der Waals surface area contributed by atoms with Crippen molar-refractivity contribution in [1.29, 1.82) is 0 Å². The van der Waals surface area contributed by atoms with Crippen LogP contribution < -0.4 is 0 Å². The summed E-state index contributed by atoms with van der Waals surface area (Å²) < 4.78 is 18.1. The lowest BCUT2D eigenvalue weighted by atomic mass is 11.8. The van der Waals surface area contributed by atoms with E-state index < -0.39 is 0 Å². The van der Waals surface area contributed by atoms with Gasteiger partial charge in [0.1, 0.15) is 0 Å². The number of rotatable bonds is 6. The maximum atomic E-state index is 4.57. The van der Waals surface area contributed by atoms with Crippen LogP contribution in [0, 0.1) is 0 Å². The molecule has 0 saturated carbocycles.